The van der Waals surface area contributed by atoms with Crippen LogP contribution in [0.15, 0.2) is 31.2 Å². The van der Waals surface area contributed by atoms with Gasteiger partial charge in [0.1, 0.15) is 12.5 Å². The molecular weight excluding hydrogens is 376 g/mol. The first-order valence-electron chi connectivity index (χ1n) is 10.1. The predicted octanol–water partition coefficient (Wildman–Crippen LogP) is 3.29. The zero-order valence-electron chi connectivity index (χ0n) is 18.0. The van der Waals surface area contributed by atoms with Crippen LogP contribution >= 0.6 is 0 Å². The summed E-state index contributed by atoms with van der Waals surface area (Å²) in [5.41, 5.74) is 0.963. The van der Waals surface area contributed by atoms with E-state index in [1.165, 1.54) is 12.5 Å². The highest BCUT2D eigenvalue weighted by atomic mass is 16.5. The third-order valence-corrected chi connectivity index (χ3v) is 5.05. The smallest absolute Gasteiger partial charge is 0.283 e. The molecule has 2 rings (SSSR count). The normalized spacial score (nSPS) is 12.6. The SMILES string of the molecule is CC(C)(CCOCCCOCCC(C)(C)Cc1co[nH]c1=O)Cc1co[nH]c1=O. The number of hydrogen-bond donors (Lipinski definition) is 2. The minimum absolute atomic E-state index is 0.0321. The van der Waals surface area contributed by atoms with Crippen LogP contribution in [0.5, 0.6) is 0 Å². The van der Waals surface area contributed by atoms with Crippen LogP contribution < -0.4 is 11.1 Å². The van der Waals surface area contributed by atoms with E-state index in [0.29, 0.717) is 50.4 Å². The lowest BCUT2D eigenvalue weighted by Crippen LogP contribution is -2.21. The number of aromatic amines is 2. The second-order valence-electron chi connectivity index (χ2n) is 9.14. The Morgan fingerprint density at radius 1 is 0.759 bits per heavy atom. The largest absolute Gasteiger partial charge is 0.387 e. The van der Waals surface area contributed by atoms with Crippen LogP contribution in [-0.4, -0.2) is 36.7 Å². The van der Waals surface area contributed by atoms with Crippen molar-refractivity contribution in [3.8, 4) is 0 Å². The van der Waals surface area contributed by atoms with Crippen LogP contribution in [0, 0.1) is 10.8 Å². The van der Waals surface area contributed by atoms with Crippen molar-refractivity contribution in [2.75, 3.05) is 26.4 Å². The summed E-state index contributed by atoms with van der Waals surface area (Å²) in [7, 11) is 0. The molecule has 164 valence electrons. The summed E-state index contributed by atoms with van der Waals surface area (Å²) < 4.78 is 21.1. The van der Waals surface area contributed by atoms with Crippen LogP contribution in [-0.2, 0) is 22.3 Å². The summed E-state index contributed by atoms with van der Waals surface area (Å²) >= 11 is 0. The molecule has 0 bridgehead atoms. The molecule has 8 nitrogen and oxygen atoms in total. The van der Waals surface area contributed by atoms with Crippen LogP contribution in [0.2, 0.25) is 0 Å². The maximum Gasteiger partial charge on any atom is 0.283 e. The monoisotopic (exact) mass is 410 g/mol. The Labute approximate surface area is 170 Å². The van der Waals surface area contributed by atoms with E-state index < -0.39 is 0 Å². The summed E-state index contributed by atoms with van der Waals surface area (Å²) in [5.74, 6) is 0. The number of rotatable bonds is 14. The minimum atomic E-state index is -0.157. The Hall–Kier alpha value is -2.06. The summed E-state index contributed by atoms with van der Waals surface area (Å²) in [6, 6.07) is 0. The molecule has 0 aliphatic heterocycles. The lowest BCUT2D eigenvalue weighted by Gasteiger charge is -2.23. The van der Waals surface area contributed by atoms with Gasteiger partial charge in [-0.05, 0) is 42.9 Å². The van der Waals surface area contributed by atoms with Gasteiger partial charge in [0.15, 0.2) is 0 Å². The highest BCUT2D eigenvalue weighted by molar-refractivity contribution is 5.04. The molecule has 0 amide bonds. The number of nitrogens with one attached hydrogen (secondary N) is 2. The third-order valence-electron chi connectivity index (χ3n) is 5.05. The van der Waals surface area contributed by atoms with E-state index in [2.05, 4.69) is 38.0 Å². The van der Waals surface area contributed by atoms with Gasteiger partial charge in [-0.2, -0.15) is 10.3 Å². The number of hydrogen-bond acceptors (Lipinski definition) is 6. The lowest BCUT2D eigenvalue weighted by molar-refractivity contribution is 0.0608. The molecule has 0 aromatic carbocycles. The molecule has 8 heteroatoms. The van der Waals surface area contributed by atoms with Gasteiger partial charge in [-0.1, -0.05) is 27.7 Å². The quantitative estimate of drug-likeness (QED) is 0.462. The van der Waals surface area contributed by atoms with E-state index in [-0.39, 0.29) is 21.9 Å². The molecule has 2 N–H and O–H groups in total. The molecule has 29 heavy (non-hydrogen) atoms. The van der Waals surface area contributed by atoms with E-state index in [9.17, 15) is 9.59 Å². The number of H-pyrrole nitrogens is 2. The Morgan fingerprint density at radius 3 is 1.52 bits per heavy atom. The van der Waals surface area contributed by atoms with Gasteiger partial charge < -0.3 is 18.5 Å². The molecule has 0 saturated heterocycles. The van der Waals surface area contributed by atoms with E-state index in [4.69, 9.17) is 18.5 Å². The zero-order valence-corrected chi connectivity index (χ0v) is 18.0. The van der Waals surface area contributed by atoms with Gasteiger partial charge in [-0.15, -0.1) is 0 Å². The van der Waals surface area contributed by atoms with Gasteiger partial charge in [-0.25, -0.2) is 0 Å². The summed E-state index contributed by atoms with van der Waals surface area (Å²) in [6.07, 6.45) is 6.84. The predicted molar refractivity (Wildman–Crippen MR) is 109 cm³/mol. The summed E-state index contributed by atoms with van der Waals surface area (Å²) in [6.45, 7) is 11.1. The van der Waals surface area contributed by atoms with Crippen molar-refractivity contribution in [3.63, 3.8) is 0 Å². The molecule has 0 aliphatic rings. The fraction of sp³-hybridized carbons (Fsp3) is 0.714. The van der Waals surface area contributed by atoms with Gasteiger partial charge in [-0.3, -0.25) is 9.59 Å². The van der Waals surface area contributed by atoms with Gasteiger partial charge >= 0.3 is 0 Å². The molecule has 0 radical (unpaired) electrons. The molecule has 2 heterocycles. The molecule has 2 aromatic rings. The lowest BCUT2D eigenvalue weighted by atomic mass is 9.84. The Bertz CT molecular complexity index is 758. The molecule has 0 atom stereocenters. The van der Waals surface area contributed by atoms with Crippen molar-refractivity contribution in [3.05, 3.63) is 44.4 Å². The topological polar surface area (TPSA) is 110 Å². The first-order valence-corrected chi connectivity index (χ1v) is 10.1. The zero-order chi connectivity index (χ0) is 21.3. The number of ether oxygens (including phenoxy) is 2. The van der Waals surface area contributed by atoms with E-state index in [1.807, 2.05) is 0 Å². The average molecular weight is 411 g/mol. The maximum atomic E-state index is 11.5. The third kappa shape index (κ3) is 8.45. The Kier molecular flexibility index (Phi) is 8.52. The van der Waals surface area contributed by atoms with Crippen molar-refractivity contribution in [2.45, 2.75) is 59.8 Å². The number of aromatic nitrogens is 2. The molecular formula is C21H34N2O6. The second-order valence-corrected chi connectivity index (χ2v) is 9.14. The fourth-order valence-electron chi connectivity index (χ4n) is 3.16. The standard InChI is InChI=1S/C21H34N2O6/c1-20(2,12-16-14-28-22-18(16)24)6-10-26-8-5-9-27-11-7-21(3,4)13-17-15-29-23-19(17)25/h14-15H,5-13H2,1-4H3,(H,22,24)(H,23,25). The average Bonchev–Trinajstić information content (AvgIpc) is 3.21. The van der Waals surface area contributed by atoms with Crippen molar-refractivity contribution in [1.29, 1.82) is 0 Å². The van der Waals surface area contributed by atoms with Crippen LogP contribution in [0.25, 0.3) is 0 Å². The summed E-state index contributed by atoms with van der Waals surface area (Å²) in [4.78, 5) is 23.1. The maximum absolute atomic E-state index is 11.5. The highest BCUT2D eigenvalue weighted by Gasteiger charge is 2.22. The van der Waals surface area contributed by atoms with Crippen LogP contribution in [0.3, 0.4) is 0 Å². The second kappa shape index (κ2) is 10.6. The molecule has 0 unspecified atom stereocenters. The molecule has 2 aromatic heterocycles. The molecule has 0 fully saturated rings. The van der Waals surface area contributed by atoms with Gasteiger partial charge in [0, 0.05) is 26.4 Å². The van der Waals surface area contributed by atoms with Gasteiger partial charge in [0.25, 0.3) is 11.1 Å². The molecule has 0 saturated carbocycles. The highest BCUT2D eigenvalue weighted by Crippen LogP contribution is 2.25. The van der Waals surface area contributed by atoms with Gasteiger partial charge in [0.05, 0.1) is 11.1 Å². The van der Waals surface area contributed by atoms with E-state index >= 15 is 0 Å². The van der Waals surface area contributed by atoms with Gasteiger partial charge in [0.2, 0.25) is 0 Å². The van der Waals surface area contributed by atoms with Crippen molar-refractivity contribution >= 4 is 0 Å². The van der Waals surface area contributed by atoms with Crippen molar-refractivity contribution < 1.29 is 18.5 Å². The van der Waals surface area contributed by atoms with Crippen LogP contribution in [0.1, 0.15) is 58.1 Å². The first-order chi connectivity index (χ1) is 13.7. The van der Waals surface area contributed by atoms with Crippen molar-refractivity contribution in [1.82, 2.24) is 10.3 Å². The summed E-state index contributed by atoms with van der Waals surface area (Å²) in [5, 5.41) is 4.64. The van der Waals surface area contributed by atoms with E-state index in [0.717, 1.165) is 19.3 Å². The first kappa shape index (κ1) is 23.2. The molecule has 0 spiro atoms. The Morgan fingerprint density at radius 2 is 1.17 bits per heavy atom. The molecule has 0 aliphatic carbocycles. The van der Waals surface area contributed by atoms with E-state index in [1.54, 1.807) is 0 Å². The minimum Gasteiger partial charge on any atom is -0.387 e. The van der Waals surface area contributed by atoms with Crippen LogP contribution in [0.4, 0.5) is 0 Å². The Balaban J connectivity index is 1.50. The van der Waals surface area contributed by atoms with Crippen molar-refractivity contribution in [2.24, 2.45) is 10.8 Å². The fourth-order valence-corrected chi connectivity index (χ4v) is 3.16.